The Bertz CT molecular complexity index is 1450. The van der Waals surface area contributed by atoms with E-state index in [0.29, 0.717) is 38.5 Å². The lowest BCUT2D eigenvalue weighted by atomic mass is 9.52. The van der Waals surface area contributed by atoms with Crippen molar-refractivity contribution in [2.45, 2.75) is 258 Å². The number of piperidine rings is 4. The topological polar surface area (TPSA) is 197 Å². The maximum absolute atomic E-state index is 13.4. The summed E-state index contributed by atoms with van der Waals surface area (Å²) in [7, 11) is 0. The minimum absolute atomic E-state index is 0.109. The first kappa shape index (κ1) is 54.1. The second-order valence-electron chi connectivity index (χ2n) is 25.9. The third-order valence-corrected chi connectivity index (χ3v) is 14.9. The van der Waals surface area contributed by atoms with Gasteiger partial charge in [0.1, 0.15) is 0 Å². The second-order valence-corrected chi connectivity index (χ2v) is 25.9. The molecule has 360 valence electrons. The summed E-state index contributed by atoms with van der Waals surface area (Å²) in [5.74, 6) is -3.52. The second kappa shape index (κ2) is 18.9. The molecule has 4 rings (SSSR count). The molecule has 0 amide bonds. The molecule has 4 saturated heterocycles. The van der Waals surface area contributed by atoms with Gasteiger partial charge in [0.2, 0.25) is 0 Å². The summed E-state index contributed by atoms with van der Waals surface area (Å²) in [6.45, 7) is 34.4. The van der Waals surface area contributed by atoms with E-state index in [0.717, 1.165) is 51.4 Å². The van der Waals surface area contributed by atoms with Crippen molar-refractivity contribution in [1.82, 2.24) is 21.3 Å². The standard InChI is InChI=1S/C28H52N2O4.C22H40N2O4/c1-24(2)16-20(17-25(3,4)29-24)28(23(33)34,15-13-11-9-10-12-14-22(31)32)21-18-26(5,6)30-27(7,8)19-21;1-18(2)9-14(10-19(3,4)23-18)22(17(27)28,13-16(25)26)15-11-20(5,6)24-21(7,8)12-15/h20-21,29-30H,9-19H2,1-8H3,(H,31,32)(H,33,34);14-15,23-24H,9-13H2,1-8H3,(H,25,26)(H,27,28). The fourth-order valence-electron chi connectivity index (χ4n) is 14.5. The molecule has 12 nitrogen and oxygen atoms in total. The van der Waals surface area contributed by atoms with Crippen LogP contribution in [0.15, 0.2) is 0 Å². The van der Waals surface area contributed by atoms with Gasteiger partial charge in [0.15, 0.2) is 0 Å². The predicted octanol–water partition coefficient (Wildman–Crippen LogP) is 9.63. The quantitative estimate of drug-likeness (QED) is 0.0685. The summed E-state index contributed by atoms with van der Waals surface area (Å²) in [4.78, 5) is 49.0. The van der Waals surface area contributed by atoms with Gasteiger partial charge in [-0.15, -0.1) is 0 Å². The van der Waals surface area contributed by atoms with Crippen LogP contribution >= 0.6 is 0 Å². The Morgan fingerprint density at radius 2 is 0.629 bits per heavy atom. The lowest BCUT2D eigenvalue weighted by molar-refractivity contribution is -0.172. The highest BCUT2D eigenvalue weighted by atomic mass is 16.4. The maximum atomic E-state index is 13.4. The monoisotopic (exact) mass is 877 g/mol. The van der Waals surface area contributed by atoms with Crippen molar-refractivity contribution in [3.05, 3.63) is 0 Å². The van der Waals surface area contributed by atoms with E-state index in [1.807, 2.05) is 0 Å². The molecule has 4 aliphatic rings. The molecule has 4 fully saturated rings. The molecule has 8 N–H and O–H groups in total. The highest BCUT2D eigenvalue weighted by molar-refractivity contribution is 5.82. The molecular weight excluding hydrogens is 785 g/mol. The van der Waals surface area contributed by atoms with E-state index in [1.54, 1.807) is 0 Å². The molecule has 4 heterocycles. The first-order chi connectivity index (χ1) is 27.8. The molecule has 0 aliphatic carbocycles. The molecule has 0 aromatic heterocycles. The Kier molecular flexibility index (Phi) is 16.5. The minimum atomic E-state index is -1.28. The smallest absolute Gasteiger partial charge is 0.310 e. The summed E-state index contributed by atoms with van der Waals surface area (Å²) in [6.07, 6.45) is 11.1. The third kappa shape index (κ3) is 14.4. The van der Waals surface area contributed by atoms with Crippen LogP contribution in [0.25, 0.3) is 0 Å². The first-order valence-electron chi connectivity index (χ1n) is 23.9. The van der Waals surface area contributed by atoms with Crippen LogP contribution in [0.1, 0.15) is 214 Å². The molecule has 0 saturated carbocycles. The normalized spacial score (nSPS) is 25.8. The summed E-state index contributed by atoms with van der Waals surface area (Å²) in [5.41, 5.74) is -3.46. The van der Waals surface area contributed by atoms with Crippen molar-refractivity contribution in [2.24, 2.45) is 34.5 Å². The number of nitrogens with one attached hydrogen (secondary N) is 4. The number of aliphatic carboxylic acids is 4. The van der Waals surface area contributed by atoms with Crippen molar-refractivity contribution in [3.8, 4) is 0 Å². The van der Waals surface area contributed by atoms with E-state index in [2.05, 4.69) is 132 Å². The van der Waals surface area contributed by atoms with Gasteiger partial charge in [-0.1, -0.05) is 25.7 Å². The molecular formula is C50H92N4O8. The van der Waals surface area contributed by atoms with Crippen LogP contribution in [0.2, 0.25) is 0 Å². The van der Waals surface area contributed by atoms with Gasteiger partial charge in [0.25, 0.3) is 0 Å². The third-order valence-electron chi connectivity index (χ3n) is 14.9. The minimum Gasteiger partial charge on any atom is -0.481 e. The fraction of sp³-hybridized carbons (Fsp3) is 0.920. The summed E-state index contributed by atoms with van der Waals surface area (Å²) in [5, 5.41) is 54.9. The van der Waals surface area contributed by atoms with Crippen LogP contribution in [-0.2, 0) is 19.2 Å². The molecule has 0 radical (unpaired) electrons. The van der Waals surface area contributed by atoms with Gasteiger partial charge in [-0.2, -0.15) is 0 Å². The first-order valence-corrected chi connectivity index (χ1v) is 23.9. The van der Waals surface area contributed by atoms with Gasteiger partial charge in [0, 0.05) is 50.7 Å². The molecule has 0 unspecified atom stereocenters. The molecule has 0 aromatic rings. The summed E-state index contributed by atoms with van der Waals surface area (Å²) < 4.78 is 0. The lowest BCUT2D eigenvalue weighted by Crippen LogP contribution is -2.65. The van der Waals surface area contributed by atoms with Gasteiger partial charge >= 0.3 is 23.9 Å². The highest BCUT2D eigenvalue weighted by Crippen LogP contribution is 2.57. The van der Waals surface area contributed by atoms with Crippen LogP contribution in [0.3, 0.4) is 0 Å². The zero-order valence-corrected chi connectivity index (χ0v) is 42.0. The van der Waals surface area contributed by atoms with Gasteiger partial charge in [-0.3, -0.25) is 19.2 Å². The van der Waals surface area contributed by atoms with Crippen LogP contribution in [0.4, 0.5) is 0 Å². The molecule has 12 heteroatoms. The maximum Gasteiger partial charge on any atom is 0.310 e. The van der Waals surface area contributed by atoms with Gasteiger partial charge < -0.3 is 41.7 Å². The summed E-state index contributed by atoms with van der Waals surface area (Å²) >= 11 is 0. The van der Waals surface area contributed by atoms with Crippen molar-refractivity contribution in [1.29, 1.82) is 0 Å². The van der Waals surface area contributed by atoms with Crippen LogP contribution in [0, 0.1) is 34.5 Å². The summed E-state index contributed by atoms with van der Waals surface area (Å²) in [6, 6.07) is 0. The molecule has 62 heavy (non-hydrogen) atoms. The fourth-order valence-corrected chi connectivity index (χ4v) is 14.5. The Labute approximate surface area is 376 Å². The average molecular weight is 877 g/mol. The van der Waals surface area contributed by atoms with Gasteiger partial charge in [-0.25, -0.2) is 0 Å². The van der Waals surface area contributed by atoms with Gasteiger partial charge in [-0.05, 0) is 199 Å². The van der Waals surface area contributed by atoms with E-state index in [4.69, 9.17) is 5.11 Å². The number of carbonyl (C=O) groups is 4. The zero-order valence-electron chi connectivity index (χ0n) is 42.0. The molecule has 0 bridgehead atoms. The van der Waals surface area contributed by atoms with Crippen molar-refractivity contribution >= 4 is 23.9 Å². The average Bonchev–Trinajstić information content (AvgIpc) is 2.98. The van der Waals surface area contributed by atoms with Crippen LogP contribution < -0.4 is 21.3 Å². The van der Waals surface area contributed by atoms with E-state index < -0.39 is 34.7 Å². The molecule has 0 atom stereocenters. The van der Waals surface area contributed by atoms with E-state index >= 15 is 0 Å². The Hall–Kier alpha value is -2.28. The van der Waals surface area contributed by atoms with Crippen molar-refractivity contribution in [3.63, 3.8) is 0 Å². The largest absolute Gasteiger partial charge is 0.481 e. The molecule has 4 aliphatic heterocycles. The van der Waals surface area contributed by atoms with Gasteiger partial charge in [0.05, 0.1) is 17.3 Å². The van der Waals surface area contributed by atoms with Crippen LogP contribution in [0.5, 0.6) is 0 Å². The molecule has 0 aromatic carbocycles. The number of hydrogen-bond acceptors (Lipinski definition) is 8. The van der Waals surface area contributed by atoms with Crippen molar-refractivity contribution in [2.75, 3.05) is 0 Å². The number of unbranched alkanes of at least 4 members (excludes halogenated alkanes) is 4. The Morgan fingerprint density at radius 1 is 0.387 bits per heavy atom. The zero-order chi connectivity index (χ0) is 47.8. The van der Waals surface area contributed by atoms with E-state index in [-0.39, 0.29) is 80.8 Å². The van der Waals surface area contributed by atoms with Crippen LogP contribution in [-0.4, -0.2) is 88.6 Å². The SMILES string of the molecule is CC1(C)CC(C(CC(=O)O)(C(=O)O)C2CC(C)(C)NC(C)(C)C2)CC(C)(C)N1.CC1(C)CC(C(CCCCCCCC(=O)O)(C(=O)O)C2CC(C)(C)NC(C)(C)C2)CC(C)(C)N1. The number of carboxylic acid groups (broad SMARTS) is 4. The lowest BCUT2D eigenvalue weighted by Gasteiger charge is -2.57. The van der Waals surface area contributed by atoms with E-state index in [9.17, 15) is 34.5 Å². The Morgan fingerprint density at radius 3 is 0.871 bits per heavy atom. The number of carboxylic acids is 4. The highest BCUT2D eigenvalue weighted by Gasteiger charge is 2.61. The Balaban J connectivity index is 0.000000336. The number of hydrogen-bond donors (Lipinski definition) is 8. The van der Waals surface area contributed by atoms with E-state index in [1.165, 1.54) is 0 Å². The predicted molar refractivity (Wildman–Crippen MR) is 248 cm³/mol. The number of rotatable bonds is 16. The molecule has 0 spiro atoms. The van der Waals surface area contributed by atoms with Crippen molar-refractivity contribution < 1.29 is 39.6 Å².